The molecule has 19 heavy (non-hydrogen) atoms. The van der Waals surface area contributed by atoms with Gasteiger partial charge in [0.05, 0.1) is 5.60 Å². The Balaban J connectivity index is 2.34. The van der Waals surface area contributed by atoms with Gasteiger partial charge in [-0.25, -0.2) is 8.78 Å². The zero-order valence-electron chi connectivity index (χ0n) is 10.3. The van der Waals surface area contributed by atoms with Crippen LogP contribution in [-0.2, 0) is 12.0 Å². The maximum atomic E-state index is 13.3. The van der Waals surface area contributed by atoms with Gasteiger partial charge in [-0.05, 0) is 42.8 Å². The maximum Gasteiger partial charge on any atom is 0.123 e. The van der Waals surface area contributed by atoms with E-state index in [4.69, 9.17) is 11.6 Å². The molecule has 0 radical (unpaired) electrons. The third kappa shape index (κ3) is 3.31. The van der Waals surface area contributed by atoms with Crippen molar-refractivity contribution in [3.63, 3.8) is 0 Å². The minimum atomic E-state index is -1.37. The van der Waals surface area contributed by atoms with Crippen molar-refractivity contribution in [2.24, 2.45) is 0 Å². The molecule has 0 aliphatic rings. The van der Waals surface area contributed by atoms with Crippen LogP contribution in [0.2, 0.25) is 5.02 Å². The molecule has 0 saturated heterocycles. The zero-order chi connectivity index (χ0) is 14.0. The van der Waals surface area contributed by atoms with Gasteiger partial charge in [-0.2, -0.15) is 0 Å². The van der Waals surface area contributed by atoms with E-state index in [2.05, 4.69) is 0 Å². The third-order valence-corrected chi connectivity index (χ3v) is 3.28. The number of hydrogen-bond donors (Lipinski definition) is 1. The second-order valence-corrected chi connectivity index (χ2v) is 5.11. The fraction of sp³-hybridized carbons (Fsp3) is 0.200. The third-order valence-electron chi connectivity index (χ3n) is 2.95. The number of aliphatic hydroxyl groups is 1. The molecule has 0 aliphatic carbocycles. The van der Waals surface area contributed by atoms with Gasteiger partial charge in [-0.1, -0.05) is 23.7 Å². The van der Waals surface area contributed by atoms with Crippen LogP contribution in [0.15, 0.2) is 42.5 Å². The van der Waals surface area contributed by atoms with Gasteiger partial charge in [0.25, 0.3) is 0 Å². The molecule has 0 fully saturated rings. The van der Waals surface area contributed by atoms with Crippen molar-refractivity contribution in [2.45, 2.75) is 18.9 Å². The van der Waals surface area contributed by atoms with Gasteiger partial charge in [-0.15, -0.1) is 0 Å². The Bertz CT molecular complexity index is 596. The number of benzene rings is 2. The van der Waals surface area contributed by atoms with Crippen LogP contribution in [0.3, 0.4) is 0 Å². The molecule has 2 aromatic carbocycles. The van der Waals surface area contributed by atoms with Crippen molar-refractivity contribution in [3.05, 3.63) is 70.2 Å². The van der Waals surface area contributed by atoms with Crippen LogP contribution in [0.4, 0.5) is 8.78 Å². The summed E-state index contributed by atoms with van der Waals surface area (Å²) in [6.45, 7) is 1.53. The van der Waals surface area contributed by atoms with Crippen LogP contribution in [0, 0.1) is 11.6 Å². The highest BCUT2D eigenvalue weighted by Gasteiger charge is 2.26. The van der Waals surface area contributed by atoms with Crippen LogP contribution < -0.4 is 0 Å². The van der Waals surface area contributed by atoms with Crippen LogP contribution in [0.1, 0.15) is 18.1 Å². The molecule has 1 atom stereocenters. The molecule has 100 valence electrons. The van der Waals surface area contributed by atoms with E-state index in [9.17, 15) is 13.9 Å². The first-order valence-corrected chi connectivity index (χ1v) is 6.19. The van der Waals surface area contributed by atoms with Gasteiger partial charge in [0.1, 0.15) is 11.6 Å². The zero-order valence-corrected chi connectivity index (χ0v) is 11.1. The lowest BCUT2D eigenvalue weighted by Crippen LogP contribution is -2.25. The van der Waals surface area contributed by atoms with Crippen LogP contribution in [-0.4, -0.2) is 5.11 Å². The minimum Gasteiger partial charge on any atom is -0.385 e. The number of rotatable bonds is 3. The summed E-state index contributed by atoms with van der Waals surface area (Å²) in [6.07, 6.45) is 0.147. The smallest absolute Gasteiger partial charge is 0.123 e. The van der Waals surface area contributed by atoms with E-state index in [1.807, 2.05) is 0 Å². The van der Waals surface area contributed by atoms with E-state index < -0.39 is 11.4 Å². The molecule has 0 aliphatic heterocycles. The minimum absolute atomic E-state index is 0.147. The Hall–Kier alpha value is -1.45. The summed E-state index contributed by atoms with van der Waals surface area (Å²) in [5.41, 5.74) is -0.462. The summed E-state index contributed by atoms with van der Waals surface area (Å²) in [4.78, 5) is 0. The van der Waals surface area contributed by atoms with Gasteiger partial charge in [-0.3, -0.25) is 0 Å². The molecule has 0 spiro atoms. The quantitative estimate of drug-likeness (QED) is 0.900. The fourth-order valence-electron chi connectivity index (χ4n) is 2.05. The van der Waals surface area contributed by atoms with E-state index in [1.165, 1.54) is 37.3 Å². The van der Waals surface area contributed by atoms with E-state index in [0.29, 0.717) is 11.1 Å². The van der Waals surface area contributed by atoms with E-state index >= 15 is 0 Å². The Kier molecular flexibility index (Phi) is 3.88. The van der Waals surface area contributed by atoms with E-state index in [-0.39, 0.29) is 17.3 Å². The summed E-state index contributed by atoms with van der Waals surface area (Å²) in [6, 6.07) is 9.74. The highest BCUT2D eigenvalue weighted by atomic mass is 35.5. The van der Waals surface area contributed by atoms with E-state index in [1.54, 1.807) is 12.1 Å². The Morgan fingerprint density at radius 1 is 1.11 bits per heavy atom. The van der Waals surface area contributed by atoms with Gasteiger partial charge in [0.15, 0.2) is 0 Å². The highest BCUT2D eigenvalue weighted by Crippen LogP contribution is 2.31. The van der Waals surface area contributed by atoms with E-state index in [0.717, 1.165) is 0 Å². The normalized spacial score (nSPS) is 14.2. The van der Waals surface area contributed by atoms with Crippen molar-refractivity contribution in [3.8, 4) is 0 Å². The fourth-order valence-corrected chi connectivity index (χ4v) is 2.37. The highest BCUT2D eigenvalue weighted by molar-refractivity contribution is 6.31. The average Bonchev–Trinajstić information content (AvgIpc) is 2.31. The first-order valence-electron chi connectivity index (χ1n) is 5.81. The van der Waals surface area contributed by atoms with Crippen molar-refractivity contribution in [2.75, 3.05) is 0 Å². The van der Waals surface area contributed by atoms with Crippen molar-refractivity contribution < 1.29 is 13.9 Å². The van der Waals surface area contributed by atoms with Crippen molar-refractivity contribution >= 4 is 11.6 Å². The largest absolute Gasteiger partial charge is 0.385 e. The summed E-state index contributed by atoms with van der Waals surface area (Å²) < 4.78 is 26.4. The van der Waals surface area contributed by atoms with Crippen LogP contribution in [0.25, 0.3) is 0 Å². The molecule has 2 rings (SSSR count). The number of halogens is 3. The molecular weight excluding hydrogens is 270 g/mol. The lowest BCUT2D eigenvalue weighted by molar-refractivity contribution is 0.0573. The summed E-state index contributed by atoms with van der Waals surface area (Å²) in [5, 5.41) is 10.7. The molecule has 0 amide bonds. The Labute approximate surface area is 115 Å². The summed E-state index contributed by atoms with van der Waals surface area (Å²) in [5.74, 6) is -0.849. The van der Waals surface area contributed by atoms with Crippen molar-refractivity contribution in [1.29, 1.82) is 0 Å². The van der Waals surface area contributed by atoms with Crippen molar-refractivity contribution in [1.82, 2.24) is 0 Å². The first kappa shape index (κ1) is 14.0. The molecule has 1 nitrogen and oxygen atoms in total. The summed E-state index contributed by atoms with van der Waals surface area (Å²) in [7, 11) is 0. The molecule has 0 heterocycles. The lowest BCUT2D eigenvalue weighted by atomic mass is 9.89. The van der Waals surface area contributed by atoms with Gasteiger partial charge in [0, 0.05) is 17.0 Å². The molecule has 0 saturated carbocycles. The standard InChI is InChI=1S/C15H13ClF2O/c1-15(19,9-10-3-2-4-11(17)7-10)13-8-12(18)5-6-14(13)16/h2-8,19H,9H2,1H3. The maximum absolute atomic E-state index is 13.3. The second-order valence-electron chi connectivity index (χ2n) is 4.70. The average molecular weight is 283 g/mol. The topological polar surface area (TPSA) is 20.2 Å². The molecule has 1 unspecified atom stereocenters. The van der Waals surface area contributed by atoms with Crippen LogP contribution in [0.5, 0.6) is 0 Å². The molecule has 0 bridgehead atoms. The molecule has 2 aromatic rings. The number of hydrogen-bond acceptors (Lipinski definition) is 1. The lowest BCUT2D eigenvalue weighted by Gasteiger charge is -2.25. The molecule has 0 aromatic heterocycles. The van der Waals surface area contributed by atoms with Gasteiger partial charge >= 0.3 is 0 Å². The first-order chi connectivity index (χ1) is 8.88. The predicted octanol–water partition coefficient (Wildman–Crippen LogP) is 4.07. The Morgan fingerprint density at radius 2 is 1.79 bits per heavy atom. The predicted molar refractivity (Wildman–Crippen MR) is 71.1 cm³/mol. The molecule has 4 heteroatoms. The van der Waals surface area contributed by atoms with Crippen LogP contribution >= 0.6 is 11.6 Å². The summed E-state index contributed by atoms with van der Waals surface area (Å²) >= 11 is 5.98. The SMILES string of the molecule is CC(O)(Cc1cccc(F)c1)c1cc(F)ccc1Cl. The van der Waals surface area contributed by atoms with Gasteiger partial charge in [0.2, 0.25) is 0 Å². The monoisotopic (exact) mass is 282 g/mol. The second kappa shape index (κ2) is 5.27. The Morgan fingerprint density at radius 3 is 2.47 bits per heavy atom. The molecular formula is C15H13ClF2O. The molecule has 1 N–H and O–H groups in total. The van der Waals surface area contributed by atoms with Gasteiger partial charge < -0.3 is 5.11 Å².